The number of hydrogen-bond donors (Lipinski definition) is 2. The van der Waals surface area contributed by atoms with Gasteiger partial charge in [-0.2, -0.15) is 0 Å². The van der Waals surface area contributed by atoms with Crippen molar-refractivity contribution < 1.29 is 19.6 Å². The van der Waals surface area contributed by atoms with Crippen molar-refractivity contribution in [2.24, 2.45) is 0 Å². The highest BCUT2D eigenvalue weighted by Crippen LogP contribution is 1.91. The van der Waals surface area contributed by atoms with Crippen LogP contribution in [0.1, 0.15) is 20.3 Å². The molecule has 0 radical (unpaired) electrons. The van der Waals surface area contributed by atoms with Crippen LogP contribution in [0, 0.1) is 0 Å². The number of carboxylic acids is 1. The van der Waals surface area contributed by atoms with Gasteiger partial charge in [0.1, 0.15) is 0 Å². The normalized spacial score (nSPS) is 24.8. The number of carboxylic acid groups (broad SMARTS) is 1. The van der Waals surface area contributed by atoms with Crippen molar-refractivity contribution in [3.05, 3.63) is 11.6 Å². The molecule has 5 heteroatoms. The summed E-state index contributed by atoms with van der Waals surface area (Å²) in [5, 5.41) is 13.3. The van der Waals surface area contributed by atoms with Crippen molar-refractivity contribution in [2.75, 3.05) is 19.6 Å². The fourth-order valence-corrected chi connectivity index (χ4v) is 1.81. The van der Waals surface area contributed by atoms with Gasteiger partial charge in [0.05, 0.1) is 19.6 Å². The van der Waals surface area contributed by atoms with E-state index in [0.29, 0.717) is 13.1 Å². The number of hydrogen-bond acceptors (Lipinski definition) is 3. The van der Waals surface area contributed by atoms with E-state index in [1.807, 2.05) is 19.9 Å². The number of allylic oxidation sites excluding steroid dienone is 1. The summed E-state index contributed by atoms with van der Waals surface area (Å²) < 4.78 is 0. The molecular formula is C11H18N2O3. The highest BCUT2D eigenvalue weighted by molar-refractivity contribution is 5.84. The second-order valence-corrected chi connectivity index (χ2v) is 4.31. The average molecular weight is 226 g/mol. The third kappa shape index (κ3) is 3.66. The van der Waals surface area contributed by atoms with Gasteiger partial charge in [0.25, 0.3) is 5.91 Å². The summed E-state index contributed by atoms with van der Waals surface area (Å²) in [6.07, 6.45) is 1.81. The highest BCUT2D eigenvalue weighted by atomic mass is 16.4. The van der Waals surface area contributed by atoms with Crippen LogP contribution in [0.25, 0.3) is 0 Å². The van der Waals surface area contributed by atoms with Gasteiger partial charge >= 0.3 is 0 Å². The van der Waals surface area contributed by atoms with E-state index in [4.69, 9.17) is 0 Å². The standard InChI is InChI=1S/C11H18N2O3/c1-8(2)3-5-13-6-4-12-11(16)9(13)7-10(14)15/h3,9H,4-7H2,1-2H3,(H,12,16)(H,14,15)/t9-/m1/s1. The number of carbonyl (C=O) groups excluding carboxylic acids is 2. The second kappa shape index (κ2) is 5.65. The largest absolute Gasteiger partial charge is 0.550 e. The zero-order chi connectivity index (χ0) is 12.1. The van der Waals surface area contributed by atoms with Gasteiger partial charge in [-0.25, -0.2) is 0 Å². The summed E-state index contributed by atoms with van der Waals surface area (Å²) >= 11 is 0. The molecular weight excluding hydrogens is 208 g/mol. The summed E-state index contributed by atoms with van der Waals surface area (Å²) in [7, 11) is 0. The third-order valence-electron chi connectivity index (χ3n) is 2.70. The predicted octanol–water partition coefficient (Wildman–Crippen LogP) is -2.52. The number of nitrogens with one attached hydrogen (secondary N) is 2. The maximum Gasteiger partial charge on any atom is 0.278 e. The molecule has 1 aliphatic rings. The Labute approximate surface area is 95.1 Å². The molecule has 16 heavy (non-hydrogen) atoms. The predicted molar refractivity (Wildman–Crippen MR) is 56.5 cm³/mol. The van der Waals surface area contributed by atoms with Crippen LogP contribution >= 0.6 is 0 Å². The molecule has 5 nitrogen and oxygen atoms in total. The molecule has 1 fully saturated rings. The molecule has 0 bridgehead atoms. The van der Waals surface area contributed by atoms with Gasteiger partial charge in [-0.05, 0) is 19.9 Å². The SMILES string of the molecule is CC(C)=CC[NH+]1CCNC(=O)[C@H]1CC(=O)[O-]. The number of quaternary nitrogens is 1. The number of piperazine rings is 1. The molecule has 1 heterocycles. The quantitative estimate of drug-likeness (QED) is 0.519. The molecule has 1 amide bonds. The molecule has 2 atom stereocenters. The van der Waals surface area contributed by atoms with Crippen LogP contribution < -0.4 is 15.3 Å². The Kier molecular flexibility index (Phi) is 4.49. The summed E-state index contributed by atoms with van der Waals surface area (Å²) in [6.45, 7) is 6.02. The molecule has 2 N–H and O–H groups in total. The monoisotopic (exact) mass is 226 g/mol. The number of carbonyl (C=O) groups is 2. The molecule has 0 spiro atoms. The van der Waals surface area contributed by atoms with Crippen LogP contribution in [0.4, 0.5) is 0 Å². The third-order valence-corrected chi connectivity index (χ3v) is 2.70. The van der Waals surface area contributed by atoms with Crippen LogP contribution in [0.5, 0.6) is 0 Å². The fraction of sp³-hybridized carbons (Fsp3) is 0.636. The molecule has 0 aliphatic carbocycles. The Bertz CT molecular complexity index is 308. The van der Waals surface area contributed by atoms with Crippen LogP contribution in [-0.2, 0) is 9.59 Å². The van der Waals surface area contributed by atoms with E-state index < -0.39 is 12.0 Å². The molecule has 1 aliphatic heterocycles. The van der Waals surface area contributed by atoms with Crippen molar-refractivity contribution >= 4 is 11.9 Å². The molecule has 90 valence electrons. The summed E-state index contributed by atoms with van der Waals surface area (Å²) in [6, 6.07) is -0.519. The van der Waals surface area contributed by atoms with Gasteiger partial charge < -0.3 is 20.1 Å². The van der Waals surface area contributed by atoms with Gasteiger partial charge in [-0.15, -0.1) is 0 Å². The maximum atomic E-state index is 11.5. The van der Waals surface area contributed by atoms with E-state index in [2.05, 4.69) is 5.32 Å². The minimum atomic E-state index is -1.17. The molecule has 1 rings (SSSR count). The van der Waals surface area contributed by atoms with Gasteiger partial charge in [0, 0.05) is 12.4 Å². The average Bonchev–Trinajstić information content (AvgIpc) is 2.18. The summed E-state index contributed by atoms with van der Waals surface area (Å²) in [5.41, 5.74) is 1.17. The van der Waals surface area contributed by atoms with Crippen molar-refractivity contribution in [3.8, 4) is 0 Å². The molecule has 1 unspecified atom stereocenters. The van der Waals surface area contributed by atoms with E-state index >= 15 is 0 Å². The zero-order valence-corrected chi connectivity index (χ0v) is 9.71. The first-order valence-electron chi connectivity index (χ1n) is 5.46. The highest BCUT2D eigenvalue weighted by Gasteiger charge is 2.32. The van der Waals surface area contributed by atoms with E-state index in [-0.39, 0.29) is 12.3 Å². The van der Waals surface area contributed by atoms with Crippen molar-refractivity contribution in [1.29, 1.82) is 0 Å². The Morgan fingerprint density at radius 1 is 1.62 bits per heavy atom. The van der Waals surface area contributed by atoms with E-state index in [1.54, 1.807) is 0 Å². The molecule has 0 aromatic heterocycles. The smallest absolute Gasteiger partial charge is 0.278 e. The zero-order valence-electron chi connectivity index (χ0n) is 9.71. The first-order chi connectivity index (χ1) is 7.50. The van der Waals surface area contributed by atoms with E-state index in [0.717, 1.165) is 11.4 Å². The first kappa shape index (κ1) is 12.7. The van der Waals surface area contributed by atoms with Gasteiger partial charge in [0.2, 0.25) is 0 Å². The summed E-state index contributed by atoms with van der Waals surface area (Å²) in [5.74, 6) is -1.36. The number of aliphatic carboxylic acids is 1. The van der Waals surface area contributed by atoms with Gasteiger partial charge in [-0.3, -0.25) is 4.79 Å². The lowest BCUT2D eigenvalue weighted by Gasteiger charge is -2.31. The van der Waals surface area contributed by atoms with Crippen LogP contribution in [0.15, 0.2) is 11.6 Å². The van der Waals surface area contributed by atoms with Gasteiger partial charge in [0.15, 0.2) is 6.04 Å². The van der Waals surface area contributed by atoms with E-state index in [9.17, 15) is 14.7 Å². The van der Waals surface area contributed by atoms with Crippen LogP contribution in [0.2, 0.25) is 0 Å². The van der Waals surface area contributed by atoms with Crippen molar-refractivity contribution in [2.45, 2.75) is 26.3 Å². The lowest BCUT2D eigenvalue weighted by Crippen LogP contribution is -3.19. The van der Waals surface area contributed by atoms with Gasteiger partial charge in [-0.1, -0.05) is 5.57 Å². The maximum absolute atomic E-state index is 11.5. The van der Waals surface area contributed by atoms with Crippen molar-refractivity contribution in [1.82, 2.24) is 5.32 Å². The summed E-state index contributed by atoms with van der Waals surface area (Å²) in [4.78, 5) is 23.1. The Morgan fingerprint density at radius 3 is 2.88 bits per heavy atom. The lowest BCUT2D eigenvalue weighted by molar-refractivity contribution is -0.911. The minimum absolute atomic E-state index is 0.187. The molecule has 0 aromatic rings. The Hall–Kier alpha value is -1.36. The van der Waals surface area contributed by atoms with Crippen molar-refractivity contribution in [3.63, 3.8) is 0 Å². The number of rotatable bonds is 4. The minimum Gasteiger partial charge on any atom is -0.550 e. The van der Waals surface area contributed by atoms with Crippen LogP contribution in [0.3, 0.4) is 0 Å². The number of amides is 1. The van der Waals surface area contributed by atoms with E-state index in [1.165, 1.54) is 5.57 Å². The fourth-order valence-electron chi connectivity index (χ4n) is 1.81. The topological polar surface area (TPSA) is 73.7 Å². The molecule has 0 saturated carbocycles. The Morgan fingerprint density at radius 2 is 2.31 bits per heavy atom. The Balaban J connectivity index is 2.66. The van der Waals surface area contributed by atoms with Crippen LogP contribution in [-0.4, -0.2) is 37.6 Å². The second-order valence-electron chi connectivity index (χ2n) is 4.31. The molecule has 0 aromatic carbocycles. The first-order valence-corrected chi connectivity index (χ1v) is 5.46. The molecule has 1 saturated heterocycles. The lowest BCUT2D eigenvalue weighted by atomic mass is 10.1.